The number of nitrogens with one attached hydrogen (secondary N) is 7. The van der Waals surface area contributed by atoms with Gasteiger partial charge in [0.25, 0.3) is 17.7 Å². The number of likely N-dealkylation sites (tertiary alicyclic amines) is 1. The number of hydrogen-bond donors (Lipinski definition) is 16. The molecule has 9 amide bonds. The molecule has 402 valence electrons. The van der Waals surface area contributed by atoms with Crippen LogP contribution in [-0.2, 0) is 49.6 Å². The summed E-state index contributed by atoms with van der Waals surface area (Å²) in [6, 6.07) is -7.58. The number of carbonyl (C=O) groups is 9. The number of guanidine groups is 1. The minimum Gasteiger partial charge on any atom is -0.389 e. The minimum absolute atomic E-state index is 0.0731. The number of unbranched alkanes of at least 4 members (excludes halogenated alkanes) is 2. The molecule has 7 atom stereocenters. The largest absolute Gasteiger partial charge is 0.389 e. The lowest BCUT2D eigenvalue weighted by atomic mass is 10.1. The molecule has 1 aliphatic heterocycles. The molecule has 0 saturated carbocycles. The van der Waals surface area contributed by atoms with Gasteiger partial charge in [-0.2, -0.15) is 0 Å². The van der Waals surface area contributed by atoms with Gasteiger partial charge < -0.3 is 92.8 Å². The molecule has 2 rings (SSSR count). The Morgan fingerprint density at radius 3 is 2.14 bits per heavy atom. The highest BCUT2D eigenvalue weighted by molar-refractivity contribution is 6.40. The lowest BCUT2D eigenvalue weighted by molar-refractivity contribution is -0.136. The van der Waals surface area contributed by atoms with Crippen LogP contribution >= 0.6 is 0 Å². The molecule has 1 fully saturated rings. The lowest BCUT2D eigenvalue weighted by Gasteiger charge is -2.27. The molecule has 1 aromatic heterocycles. The van der Waals surface area contributed by atoms with E-state index in [0.29, 0.717) is 50.9 Å². The van der Waals surface area contributed by atoms with Crippen LogP contribution in [0, 0.1) is 0 Å². The predicted octanol–water partition coefficient (Wildman–Crippen LogP) is -7.22. The SMILES string of the molecule is C[C@H](NC(=O)[C@@H](NC(=O)[C@@H](N)CCCCN)[C@@H](O)CN)C(=O)NCC(=O)N=C(CCCN)C(=O)N1CCC[C@H]1C(=O)N[C@@H](Cc1cnc[nH]1)C(=O)N[C@@H](CCCCN)C(=O)N/C(=C\CCN=C(N)N)C(N)=O. The minimum atomic E-state index is -1.57. The maximum Gasteiger partial charge on any atom is 0.269 e. The van der Waals surface area contributed by atoms with Crippen LogP contribution in [0.15, 0.2) is 34.3 Å². The van der Waals surface area contributed by atoms with Gasteiger partial charge in [0.1, 0.15) is 41.6 Å². The second kappa shape index (κ2) is 32.9. The van der Waals surface area contributed by atoms with Crippen LogP contribution in [-0.4, -0.2) is 173 Å². The molecule has 0 radical (unpaired) electrons. The highest BCUT2D eigenvalue weighted by Gasteiger charge is 2.38. The summed E-state index contributed by atoms with van der Waals surface area (Å²) in [7, 11) is 0. The second-order valence-corrected chi connectivity index (χ2v) is 16.9. The van der Waals surface area contributed by atoms with E-state index >= 15 is 0 Å². The molecule has 72 heavy (non-hydrogen) atoms. The second-order valence-electron chi connectivity index (χ2n) is 16.9. The van der Waals surface area contributed by atoms with Crippen molar-refractivity contribution in [3.63, 3.8) is 0 Å². The van der Waals surface area contributed by atoms with Crippen molar-refractivity contribution in [1.29, 1.82) is 0 Å². The van der Waals surface area contributed by atoms with Crippen LogP contribution in [0.25, 0.3) is 0 Å². The standard InChI is InChI=1S/C43H75N19O10/c1-24(56-41(71)34(32(63)20-47)61-37(67)26(48)9-2-4-14-44)36(66)54-22-33(64)57-29(11-6-16-46)42(72)62-18-8-13-31(62)40(70)60-30(19-25-21-52-23-55-25)39(69)59-28(10-3-5-15-45)38(68)58-27(35(49)65)12-7-17-53-43(50)51/h12,21,23-24,26,28,30-32,34,63H,2-11,13-20,22,44-48H2,1H3,(H2,49,65)(H,52,55)(H,54,66)(H,56,71)(H,58,68)(H,59,69)(H,60,70)(H,61,67)(H4,50,51,53)/b27-12-,57-29?/t24-,26-,28-,30-,31-,32-,34-/m0/s1. The average Bonchev–Trinajstić information content (AvgIpc) is 4.06. The number of rotatable bonds is 33. The van der Waals surface area contributed by atoms with Crippen molar-refractivity contribution in [1.82, 2.24) is 46.8 Å². The summed E-state index contributed by atoms with van der Waals surface area (Å²) in [4.78, 5) is 136. The number of aromatic amines is 1. The predicted molar refractivity (Wildman–Crippen MR) is 264 cm³/mol. The highest BCUT2D eigenvalue weighted by Crippen LogP contribution is 2.20. The van der Waals surface area contributed by atoms with E-state index < -0.39 is 109 Å². The molecule has 0 bridgehead atoms. The van der Waals surface area contributed by atoms with Crippen molar-refractivity contribution in [2.45, 2.75) is 126 Å². The molecule has 24 N–H and O–H groups in total. The van der Waals surface area contributed by atoms with Crippen LogP contribution in [0.1, 0.15) is 83.2 Å². The number of aliphatic hydroxyl groups is 1. The zero-order valence-electron chi connectivity index (χ0n) is 40.7. The summed E-state index contributed by atoms with van der Waals surface area (Å²) in [5, 5.41) is 25.2. The number of imidazole rings is 1. The van der Waals surface area contributed by atoms with Crippen LogP contribution in [0.3, 0.4) is 0 Å². The zero-order valence-corrected chi connectivity index (χ0v) is 40.7. The summed E-state index contributed by atoms with van der Waals surface area (Å²) >= 11 is 0. The fourth-order valence-electron chi connectivity index (χ4n) is 7.14. The number of amides is 9. The number of aliphatic hydroxyl groups excluding tert-OH is 1. The molecular weight excluding hydrogens is 943 g/mol. The summed E-state index contributed by atoms with van der Waals surface area (Å²) in [6.45, 7) is 1.10. The Bertz CT molecular complexity index is 2060. The Balaban J connectivity index is 2.24. The van der Waals surface area contributed by atoms with Gasteiger partial charge in [0.2, 0.25) is 35.4 Å². The topological polar surface area (TPSA) is 511 Å². The third kappa shape index (κ3) is 21.6. The normalized spacial score (nSPS) is 16.2. The lowest BCUT2D eigenvalue weighted by Crippen LogP contribution is -2.60. The fourth-order valence-corrected chi connectivity index (χ4v) is 7.14. The van der Waals surface area contributed by atoms with Gasteiger partial charge in [-0.25, -0.2) is 9.98 Å². The third-order valence-corrected chi connectivity index (χ3v) is 11.1. The maximum absolute atomic E-state index is 14.1. The van der Waals surface area contributed by atoms with Crippen molar-refractivity contribution >= 4 is 64.8 Å². The van der Waals surface area contributed by atoms with E-state index in [1.54, 1.807) is 0 Å². The van der Waals surface area contributed by atoms with Crippen molar-refractivity contribution in [2.24, 2.45) is 55.9 Å². The number of hydrogen-bond acceptors (Lipinski definition) is 17. The Kier molecular flexibility index (Phi) is 27.9. The molecule has 0 aromatic carbocycles. The number of primary amides is 1. The summed E-state index contributed by atoms with van der Waals surface area (Å²) in [6.07, 6.45) is 5.66. The molecule has 0 aliphatic carbocycles. The van der Waals surface area contributed by atoms with E-state index in [9.17, 15) is 48.3 Å². The van der Waals surface area contributed by atoms with Crippen molar-refractivity contribution in [3.05, 3.63) is 30.0 Å². The maximum atomic E-state index is 14.1. The number of carbonyl (C=O) groups excluding carboxylic acids is 9. The van der Waals surface area contributed by atoms with Gasteiger partial charge in [0, 0.05) is 37.9 Å². The summed E-state index contributed by atoms with van der Waals surface area (Å²) in [5.41, 5.74) is 44.5. The fraction of sp³-hybridized carbons (Fsp3) is 0.628. The average molecular weight is 1020 g/mol. The number of aromatic nitrogens is 2. The number of nitrogens with zero attached hydrogens (tertiary/aromatic N) is 4. The molecule has 1 aliphatic rings. The quantitative estimate of drug-likeness (QED) is 0.0135. The molecule has 1 saturated heterocycles. The van der Waals surface area contributed by atoms with Gasteiger partial charge in [-0.15, -0.1) is 0 Å². The van der Waals surface area contributed by atoms with Gasteiger partial charge in [-0.05, 0) is 90.8 Å². The van der Waals surface area contributed by atoms with Gasteiger partial charge in [-0.1, -0.05) is 12.5 Å². The van der Waals surface area contributed by atoms with Crippen molar-refractivity contribution in [2.75, 3.05) is 45.8 Å². The molecule has 29 heteroatoms. The van der Waals surface area contributed by atoms with E-state index in [1.807, 2.05) is 0 Å². The van der Waals surface area contributed by atoms with Gasteiger partial charge in [0.05, 0.1) is 25.0 Å². The monoisotopic (exact) mass is 1020 g/mol. The molecule has 0 spiro atoms. The van der Waals surface area contributed by atoms with Gasteiger partial charge in [-0.3, -0.25) is 48.1 Å². The van der Waals surface area contributed by atoms with E-state index in [1.165, 1.54) is 30.4 Å². The Morgan fingerprint density at radius 1 is 0.847 bits per heavy atom. The first-order chi connectivity index (χ1) is 34.3. The van der Waals surface area contributed by atoms with Crippen molar-refractivity contribution in [3.8, 4) is 0 Å². The number of aliphatic imine (C=N–C) groups is 2. The van der Waals surface area contributed by atoms with E-state index in [-0.39, 0.29) is 81.9 Å². The van der Waals surface area contributed by atoms with E-state index in [2.05, 4.69) is 51.9 Å². The Morgan fingerprint density at radius 2 is 1.53 bits per heavy atom. The van der Waals surface area contributed by atoms with Crippen LogP contribution in [0.2, 0.25) is 0 Å². The number of nitrogens with two attached hydrogens (primary N) is 8. The highest BCUT2D eigenvalue weighted by atomic mass is 16.3. The first-order valence-corrected chi connectivity index (χ1v) is 23.8. The zero-order chi connectivity index (χ0) is 53.8. The molecule has 1 aromatic rings. The first-order valence-electron chi connectivity index (χ1n) is 23.8. The smallest absolute Gasteiger partial charge is 0.269 e. The number of H-pyrrole nitrogens is 1. The van der Waals surface area contributed by atoms with Crippen LogP contribution in [0.5, 0.6) is 0 Å². The molecular formula is C43H75N19O10. The van der Waals surface area contributed by atoms with E-state index in [0.717, 1.165) is 0 Å². The van der Waals surface area contributed by atoms with Gasteiger partial charge in [0.15, 0.2) is 5.96 Å². The van der Waals surface area contributed by atoms with Crippen LogP contribution < -0.4 is 77.8 Å². The Hall–Kier alpha value is -6.92. The van der Waals surface area contributed by atoms with E-state index in [4.69, 9.17) is 45.9 Å². The summed E-state index contributed by atoms with van der Waals surface area (Å²) in [5.74, 6) is -7.71. The van der Waals surface area contributed by atoms with Gasteiger partial charge >= 0.3 is 0 Å². The molecule has 29 nitrogen and oxygen atoms in total. The third-order valence-electron chi connectivity index (χ3n) is 11.1. The summed E-state index contributed by atoms with van der Waals surface area (Å²) < 4.78 is 0. The van der Waals surface area contributed by atoms with Crippen molar-refractivity contribution < 1.29 is 48.3 Å². The van der Waals surface area contributed by atoms with Crippen LogP contribution in [0.4, 0.5) is 0 Å². The molecule has 2 heterocycles. The Labute approximate surface area is 417 Å². The first kappa shape index (κ1) is 61.2. The molecule has 0 unspecified atom stereocenters.